The van der Waals surface area contributed by atoms with Crippen LogP contribution in [-0.4, -0.2) is 17.2 Å². The molecule has 0 radical (unpaired) electrons. The Morgan fingerprint density at radius 3 is 2.11 bits per heavy atom. The first-order valence-electron chi connectivity index (χ1n) is 6.68. The summed E-state index contributed by atoms with van der Waals surface area (Å²) >= 11 is 0. The largest absolute Gasteiger partial charge is 0.387 e. The Hall–Kier alpha value is -0.860. The van der Waals surface area contributed by atoms with Crippen LogP contribution in [0.3, 0.4) is 0 Å². The third kappa shape index (κ3) is 5.65. The van der Waals surface area contributed by atoms with Crippen molar-refractivity contribution in [2.24, 2.45) is 5.41 Å². The lowest BCUT2D eigenvalue weighted by atomic mass is 9.81. The van der Waals surface area contributed by atoms with Crippen LogP contribution in [0.5, 0.6) is 0 Å². The highest BCUT2D eigenvalue weighted by Gasteiger charge is 2.25. The van der Waals surface area contributed by atoms with Gasteiger partial charge in [-0.05, 0) is 31.2 Å². The van der Waals surface area contributed by atoms with E-state index >= 15 is 0 Å². The zero-order chi connectivity index (χ0) is 13.8. The van der Waals surface area contributed by atoms with Crippen LogP contribution in [0.4, 0.5) is 0 Å². The molecule has 0 aliphatic carbocycles. The molecule has 2 heteroatoms. The number of benzene rings is 1. The molecule has 0 heterocycles. The van der Waals surface area contributed by atoms with Crippen LogP contribution in [-0.2, 0) is 0 Å². The van der Waals surface area contributed by atoms with Gasteiger partial charge in [-0.3, -0.25) is 0 Å². The molecule has 2 N–H and O–H groups in total. The Morgan fingerprint density at radius 2 is 1.61 bits per heavy atom. The summed E-state index contributed by atoms with van der Waals surface area (Å²) in [6.07, 6.45) is 0.632. The first-order valence-corrected chi connectivity index (χ1v) is 6.68. The molecule has 102 valence electrons. The third-order valence-electron chi connectivity index (χ3n) is 2.93. The quantitative estimate of drug-likeness (QED) is 0.837. The van der Waals surface area contributed by atoms with Crippen LogP contribution in [0, 0.1) is 5.41 Å². The summed E-state index contributed by atoms with van der Waals surface area (Å²) in [5, 5.41) is 13.6. The van der Waals surface area contributed by atoms with Crippen molar-refractivity contribution in [2.75, 3.05) is 6.54 Å². The maximum Gasteiger partial charge on any atom is 0.0914 e. The molecule has 0 saturated carbocycles. The summed E-state index contributed by atoms with van der Waals surface area (Å²) in [5.74, 6) is 0. The average Bonchev–Trinajstić information content (AvgIpc) is 2.24. The second-order valence-electron chi connectivity index (χ2n) is 6.93. The van der Waals surface area contributed by atoms with Gasteiger partial charge in [0.05, 0.1) is 6.10 Å². The number of aliphatic hydroxyl groups is 1. The molecule has 1 rings (SSSR count). The van der Waals surface area contributed by atoms with Crippen LogP contribution in [0.2, 0.25) is 0 Å². The van der Waals surface area contributed by atoms with Crippen molar-refractivity contribution in [3.63, 3.8) is 0 Å². The molecule has 0 bridgehead atoms. The topological polar surface area (TPSA) is 32.3 Å². The van der Waals surface area contributed by atoms with Crippen molar-refractivity contribution in [3.8, 4) is 0 Å². The first-order chi connectivity index (χ1) is 8.20. The molecule has 0 spiro atoms. The summed E-state index contributed by atoms with van der Waals surface area (Å²) in [5.41, 5.74) is 1.29. The van der Waals surface area contributed by atoms with Crippen molar-refractivity contribution >= 4 is 0 Å². The minimum atomic E-state index is -0.439. The molecule has 1 aromatic rings. The number of nitrogens with one attached hydrogen (secondary N) is 1. The van der Waals surface area contributed by atoms with Crippen LogP contribution in [0.25, 0.3) is 0 Å². The van der Waals surface area contributed by atoms with Gasteiger partial charge < -0.3 is 10.4 Å². The maximum absolute atomic E-state index is 10.1. The van der Waals surface area contributed by atoms with Gasteiger partial charge >= 0.3 is 0 Å². The highest BCUT2D eigenvalue weighted by Crippen LogP contribution is 2.27. The van der Waals surface area contributed by atoms with Crippen molar-refractivity contribution in [1.82, 2.24) is 5.32 Å². The Balaban J connectivity index is 2.50. The lowest BCUT2D eigenvalue weighted by molar-refractivity contribution is 0.148. The Bertz CT molecular complexity index is 351. The molecule has 0 saturated heterocycles. The predicted molar refractivity (Wildman–Crippen MR) is 77.6 cm³/mol. The van der Waals surface area contributed by atoms with Gasteiger partial charge in [-0.2, -0.15) is 0 Å². The van der Waals surface area contributed by atoms with Gasteiger partial charge in [0.1, 0.15) is 0 Å². The average molecular weight is 249 g/mol. The molecule has 1 atom stereocenters. The molecule has 0 aliphatic rings. The summed E-state index contributed by atoms with van der Waals surface area (Å²) < 4.78 is 0. The SMILES string of the molecule is CC(C)(C)CC(C)(C)NC[C@@H](O)c1ccccc1. The smallest absolute Gasteiger partial charge is 0.0914 e. The fourth-order valence-corrected chi connectivity index (χ4v) is 2.55. The maximum atomic E-state index is 10.1. The lowest BCUT2D eigenvalue weighted by Crippen LogP contribution is -2.44. The Morgan fingerprint density at radius 1 is 1.06 bits per heavy atom. The second kappa shape index (κ2) is 5.85. The van der Waals surface area contributed by atoms with E-state index in [2.05, 4.69) is 39.9 Å². The number of aliphatic hydroxyl groups excluding tert-OH is 1. The summed E-state index contributed by atoms with van der Waals surface area (Å²) in [7, 11) is 0. The van der Waals surface area contributed by atoms with Crippen molar-refractivity contribution in [3.05, 3.63) is 35.9 Å². The minimum absolute atomic E-state index is 0.0357. The van der Waals surface area contributed by atoms with E-state index < -0.39 is 6.10 Å². The van der Waals surface area contributed by atoms with Crippen LogP contribution < -0.4 is 5.32 Å². The van der Waals surface area contributed by atoms with Crippen molar-refractivity contribution in [1.29, 1.82) is 0 Å². The molecule has 0 fully saturated rings. The van der Waals surface area contributed by atoms with Crippen LogP contribution in [0.15, 0.2) is 30.3 Å². The van der Waals surface area contributed by atoms with Gasteiger partial charge in [0.25, 0.3) is 0 Å². The van der Waals surface area contributed by atoms with Crippen molar-refractivity contribution < 1.29 is 5.11 Å². The van der Waals surface area contributed by atoms with E-state index in [4.69, 9.17) is 0 Å². The zero-order valence-corrected chi connectivity index (χ0v) is 12.3. The highest BCUT2D eigenvalue weighted by atomic mass is 16.3. The molecular weight excluding hydrogens is 222 g/mol. The van der Waals surface area contributed by atoms with Gasteiger partial charge in [0.15, 0.2) is 0 Å². The molecular formula is C16H27NO. The van der Waals surface area contributed by atoms with Crippen LogP contribution in [0.1, 0.15) is 52.7 Å². The summed E-state index contributed by atoms with van der Waals surface area (Å²) in [4.78, 5) is 0. The lowest BCUT2D eigenvalue weighted by Gasteiger charge is -2.34. The van der Waals surface area contributed by atoms with Crippen molar-refractivity contribution in [2.45, 2.75) is 52.7 Å². The van der Waals surface area contributed by atoms with Gasteiger partial charge in [-0.1, -0.05) is 51.1 Å². The number of hydrogen-bond acceptors (Lipinski definition) is 2. The molecule has 0 aliphatic heterocycles. The van der Waals surface area contributed by atoms with Crippen LogP contribution >= 0.6 is 0 Å². The standard InChI is InChI=1S/C16H27NO/c1-15(2,3)12-16(4,5)17-11-14(18)13-9-7-6-8-10-13/h6-10,14,17-18H,11-12H2,1-5H3/t14-/m1/s1. The van der Waals surface area contributed by atoms with Gasteiger partial charge in [-0.15, -0.1) is 0 Å². The minimum Gasteiger partial charge on any atom is -0.387 e. The fraction of sp³-hybridized carbons (Fsp3) is 0.625. The molecule has 0 unspecified atom stereocenters. The second-order valence-corrected chi connectivity index (χ2v) is 6.93. The molecule has 18 heavy (non-hydrogen) atoms. The van der Waals surface area contributed by atoms with E-state index in [1.54, 1.807) is 0 Å². The monoisotopic (exact) mass is 249 g/mol. The first kappa shape index (κ1) is 15.2. The Labute approximate surface area is 111 Å². The zero-order valence-electron chi connectivity index (χ0n) is 12.3. The van der Waals surface area contributed by atoms with E-state index in [1.165, 1.54) is 0 Å². The van der Waals surface area contributed by atoms with E-state index in [1.807, 2.05) is 30.3 Å². The highest BCUT2D eigenvalue weighted by molar-refractivity contribution is 5.17. The van der Waals surface area contributed by atoms with E-state index in [0.717, 1.165) is 12.0 Å². The predicted octanol–water partition coefficient (Wildman–Crippen LogP) is 3.52. The van der Waals surface area contributed by atoms with E-state index in [0.29, 0.717) is 6.54 Å². The van der Waals surface area contributed by atoms with E-state index in [-0.39, 0.29) is 11.0 Å². The normalized spacial score (nSPS) is 14.6. The molecule has 2 nitrogen and oxygen atoms in total. The third-order valence-corrected chi connectivity index (χ3v) is 2.93. The summed E-state index contributed by atoms with van der Waals surface area (Å²) in [6.45, 7) is 11.7. The van der Waals surface area contributed by atoms with E-state index in [9.17, 15) is 5.11 Å². The fourth-order valence-electron chi connectivity index (χ4n) is 2.55. The number of rotatable bonds is 5. The molecule has 0 amide bonds. The summed E-state index contributed by atoms with van der Waals surface area (Å²) in [6, 6.07) is 9.80. The van der Waals surface area contributed by atoms with Gasteiger partial charge in [0, 0.05) is 12.1 Å². The molecule has 0 aromatic heterocycles. The van der Waals surface area contributed by atoms with Gasteiger partial charge in [-0.25, -0.2) is 0 Å². The Kier molecular flexibility index (Phi) is 4.94. The number of β-amino-alcohol motifs (C(OH)–C–C–N with tert-alkyl or cyclic N) is 1. The molecule has 1 aromatic carbocycles. The van der Waals surface area contributed by atoms with Gasteiger partial charge in [0.2, 0.25) is 0 Å². The number of hydrogen-bond donors (Lipinski definition) is 2.